The second-order valence-electron chi connectivity index (χ2n) is 9.42. The van der Waals surface area contributed by atoms with Gasteiger partial charge in [-0.1, -0.05) is 66.2 Å². The third kappa shape index (κ3) is 5.65. The van der Waals surface area contributed by atoms with Crippen molar-refractivity contribution in [3.63, 3.8) is 0 Å². The number of hydrogen-bond acceptors (Lipinski definition) is 0. The van der Waals surface area contributed by atoms with Gasteiger partial charge < -0.3 is 0 Å². The Hall–Kier alpha value is -2.48. The van der Waals surface area contributed by atoms with Gasteiger partial charge in [0.15, 0.2) is 0 Å². The van der Waals surface area contributed by atoms with Crippen molar-refractivity contribution < 1.29 is 8.78 Å². The quantitative estimate of drug-likeness (QED) is 0.334. The van der Waals surface area contributed by atoms with E-state index in [0.717, 1.165) is 49.7 Å². The van der Waals surface area contributed by atoms with Crippen LogP contribution in [0.1, 0.15) is 66.7 Å². The van der Waals surface area contributed by atoms with Crippen LogP contribution >= 0.6 is 0 Å². The third-order valence-electron chi connectivity index (χ3n) is 7.18. The van der Waals surface area contributed by atoms with Gasteiger partial charge in [0, 0.05) is 0 Å². The first-order valence-corrected chi connectivity index (χ1v) is 12.1. The summed E-state index contributed by atoms with van der Waals surface area (Å²) in [6.45, 7) is 1.89. The molecule has 0 nitrogen and oxygen atoms in total. The molecule has 32 heavy (non-hydrogen) atoms. The molecule has 4 rings (SSSR count). The molecule has 0 unspecified atom stereocenters. The molecule has 0 bridgehead atoms. The van der Waals surface area contributed by atoms with Crippen molar-refractivity contribution in [1.29, 1.82) is 0 Å². The number of benzene rings is 3. The lowest BCUT2D eigenvalue weighted by Crippen LogP contribution is -2.14. The summed E-state index contributed by atoms with van der Waals surface area (Å²) in [5.74, 6) is 1.03. The van der Waals surface area contributed by atoms with Crippen molar-refractivity contribution in [2.45, 2.75) is 64.2 Å². The Bertz CT molecular complexity index is 998. The van der Waals surface area contributed by atoms with Crippen LogP contribution in [0.15, 0.2) is 66.7 Å². The van der Waals surface area contributed by atoms with Crippen molar-refractivity contribution in [2.24, 2.45) is 5.92 Å². The Balaban J connectivity index is 1.40. The molecule has 3 aromatic rings. The normalized spacial score (nSPS) is 18.6. The molecule has 0 N–H and O–H groups in total. The minimum atomic E-state index is -0.206. The van der Waals surface area contributed by atoms with Crippen LogP contribution in [-0.4, -0.2) is 6.67 Å². The van der Waals surface area contributed by atoms with Crippen molar-refractivity contribution in [2.75, 3.05) is 6.67 Å². The van der Waals surface area contributed by atoms with Gasteiger partial charge in [0.05, 0.1) is 6.67 Å². The standard InChI is InChI=1S/C30H34F2/c1-22-8-12-26(13-9-22)29-7-3-2-6-25(29)16-17-27-18-19-28(21-30(27)32)24-14-10-23(11-15-24)5-4-20-31/h2-3,6-9,12-13,18-19,21,23-24H,4-5,10-11,14-17,20H2,1H3. The molecule has 0 aromatic heterocycles. The van der Waals surface area contributed by atoms with Gasteiger partial charge in [0.2, 0.25) is 0 Å². The predicted octanol–water partition coefficient (Wildman–Crippen LogP) is 8.61. The fourth-order valence-corrected chi connectivity index (χ4v) is 5.19. The largest absolute Gasteiger partial charge is 0.251 e. The maximum atomic E-state index is 15.0. The zero-order valence-corrected chi connectivity index (χ0v) is 19.1. The molecule has 1 fully saturated rings. The van der Waals surface area contributed by atoms with Gasteiger partial charge in [-0.25, -0.2) is 4.39 Å². The molecule has 0 saturated heterocycles. The van der Waals surface area contributed by atoms with Gasteiger partial charge >= 0.3 is 0 Å². The Morgan fingerprint density at radius 1 is 0.812 bits per heavy atom. The van der Waals surface area contributed by atoms with E-state index in [0.29, 0.717) is 24.7 Å². The van der Waals surface area contributed by atoms with Gasteiger partial charge in [-0.15, -0.1) is 0 Å². The summed E-state index contributed by atoms with van der Waals surface area (Å²) in [7, 11) is 0. The van der Waals surface area contributed by atoms with Crippen LogP contribution in [0.3, 0.4) is 0 Å². The highest BCUT2D eigenvalue weighted by Gasteiger charge is 2.22. The van der Waals surface area contributed by atoms with Gasteiger partial charge in [0.25, 0.3) is 0 Å². The number of aryl methyl sites for hydroxylation is 3. The first kappa shape index (κ1) is 22.7. The second-order valence-corrected chi connectivity index (χ2v) is 9.42. The van der Waals surface area contributed by atoms with E-state index in [1.807, 2.05) is 6.07 Å². The lowest BCUT2D eigenvalue weighted by atomic mass is 9.77. The minimum absolute atomic E-state index is 0.0742. The van der Waals surface area contributed by atoms with Gasteiger partial charge in [-0.3, -0.25) is 4.39 Å². The van der Waals surface area contributed by atoms with Crippen LogP contribution in [0.4, 0.5) is 8.78 Å². The van der Waals surface area contributed by atoms with Crippen LogP contribution in [0, 0.1) is 18.7 Å². The molecule has 0 spiro atoms. The lowest BCUT2D eigenvalue weighted by molar-refractivity contribution is 0.293. The predicted molar refractivity (Wildman–Crippen MR) is 130 cm³/mol. The van der Waals surface area contributed by atoms with E-state index in [2.05, 4.69) is 61.5 Å². The smallest absolute Gasteiger partial charge is 0.126 e. The molecule has 1 aliphatic carbocycles. The third-order valence-corrected chi connectivity index (χ3v) is 7.18. The maximum absolute atomic E-state index is 15.0. The molecule has 168 valence electrons. The Labute approximate surface area is 191 Å². The van der Waals surface area contributed by atoms with Crippen LogP contribution in [0.5, 0.6) is 0 Å². The molecule has 1 aliphatic rings. The van der Waals surface area contributed by atoms with E-state index >= 15 is 0 Å². The van der Waals surface area contributed by atoms with E-state index in [-0.39, 0.29) is 12.5 Å². The van der Waals surface area contributed by atoms with E-state index < -0.39 is 0 Å². The second kappa shape index (κ2) is 10.9. The first-order chi connectivity index (χ1) is 15.6. The van der Waals surface area contributed by atoms with Crippen LogP contribution in [0.2, 0.25) is 0 Å². The summed E-state index contributed by atoms with van der Waals surface area (Å²) in [5.41, 5.74) is 6.88. The van der Waals surface area contributed by atoms with Crippen molar-refractivity contribution in [3.8, 4) is 11.1 Å². The highest BCUT2D eigenvalue weighted by atomic mass is 19.1. The zero-order valence-electron chi connectivity index (χ0n) is 19.1. The summed E-state index contributed by atoms with van der Waals surface area (Å²) < 4.78 is 27.4. The SMILES string of the molecule is Cc1ccc(-c2ccccc2CCc2ccc(C3CCC(CCCF)CC3)cc2F)cc1. The Morgan fingerprint density at radius 2 is 1.53 bits per heavy atom. The molecule has 3 aromatic carbocycles. The molecular weight excluding hydrogens is 398 g/mol. The Kier molecular flexibility index (Phi) is 7.73. The van der Waals surface area contributed by atoms with E-state index in [1.54, 1.807) is 6.07 Å². The van der Waals surface area contributed by atoms with Crippen molar-refractivity contribution in [3.05, 3.63) is 94.8 Å². The van der Waals surface area contributed by atoms with Crippen LogP contribution in [-0.2, 0) is 12.8 Å². The molecule has 2 heteroatoms. The topological polar surface area (TPSA) is 0 Å². The lowest BCUT2D eigenvalue weighted by Gasteiger charge is -2.28. The van der Waals surface area contributed by atoms with Gasteiger partial charge in [-0.2, -0.15) is 0 Å². The molecule has 0 radical (unpaired) electrons. The monoisotopic (exact) mass is 432 g/mol. The summed E-state index contributed by atoms with van der Waals surface area (Å²) >= 11 is 0. The maximum Gasteiger partial charge on any atom is 0.126 e. The van der Waals surface area contributed by atoms with E-state index in [4.69, 9.17) is 0 Å². The summed E-state index contributed by atoms with van der Waals surface area (Å²) in [6, 6.07) is 23.0. The average molecular weight is 433 g/mol. The minimum Gasteiger partial charge on any atom is -0.251 e. The zero-order chi connectivity index (χ0) is 22.3. The number of rotatable bonds is 8. The van der Waals surface area contributed by atoms with Gasteiger partial charge in [-0.05, 0) is 104 Å². The molecule has 0 aliphatic heterocycles. The summed E-state index contributed by atoms with van der Waals surface area (Å²) in [4.78, 5) is 0. The Morgan fingerprint density at radius 3 is 2.25 bits per heavy atom. The fourth-order valence-electron chi connectivity index (χ4n) is 5.19. The highest BCUT2D eigenvalue weighted by molar-refractivity contribution is 5.67. The average Bonchev–Trinajstić information content (AvgIpc) is 2.83. The molecule has 0 amide bonds. The first-order valence-electron chi connectivity index (χ1n) is 12.1. The molecule has 1 saturated carbocycles. The fraction of sp³-hybridized carbons (Fsp3) is 0.400. The summed E-state index contributed by atoms with van der Waals surface area (Å²) in [5, 5.41) is 0. The number of halogens is 2. The molecular formula is C30H34F2. The number of alkyl halides is 1. The highest BCUT2D eigenvalue weighted by Crippen LogP contribution is 2.38. The van der Waals surface area contributed by atoms with Crippen molar-refractivity contribution in [1.82, 2.24) is 0 Å². The van der Waals surface area contributed by atoms with Crippen LogP contribution in [0.25, 0.3) is 11.1 Å². The van der Waals surface area contributed by atoms with Crippen molar-refractivity contribution >= 4 is 0 Å². The summed E-state index contributed by atoms with van der Waals surface area (Å²) in [6.07, 6.45) is 7.68. The van der Waals surface area contributed by atoms with Gasteiger partial charge in [0.1, 0.15) is 5.82 Å². The molecule has 0 atom stereocenters. The van der Waals surface area contributed by atoms with Crippen LogP contribution < -0.4 is 0 Å². The molecule has 0 heterocycles. The van der Waals surface area contributed by atoms with E-state index in [1.165, 1.54) is 22.3 Å². The number of hydrogen-bond donors (Lipinski definition) is 0. The van der Waals surface area contributed by atoms with E-state index in [9.17, 15) is 8.78 Å².